The molecule has 3 fully saturated rings. The molecule has 2 aliphatic heterocycles. The lowest BCUT2D eigenvalue weighted by Crippen LogP contribution is -2.48. The molecule has 0 radical (unpaired) electrons. The van der Waals surface area contributed by atoms with Gasteiger partial charge in [-0.15, -0.1) is 0 Å². The van der Waals surface area contributed by atoms with Crippen LogP contribution in [0, 0.1) is 11.9 Å². The quantitative estimate of drug-likeness (QED) is 0.0430. The van der Waals surface area contributed by atoms with Crippen molar-refractivity contribution in [2.75, 3.05) is 65.9 Å². The number of carbonyl (C=O) groups excluding carboxylic acids is 4. The predicted molar refractivity (Wildman–Crippen MR) is 238 cm³/mol. The number of hydrogen-bond donors (Lipinski definition) is 2. The topological polar surface area (TPSA) is 161 Å². The summed E-state index contributed by atoms with van der Waals surface area (Å²) < 4.78 is 82.4. The van der Waals surface area contributed by atoms with E-state index in [0.29, 0.717) is 27.9 Å². The number of nitrogens with one attached hydrogen (secondary N) is 2. The van der Waals surface area contributed by atoms with Crippen molar-refractivity contribution in [2.45, 2.75) is 80.8 Å². The zero-order valence-electron chi connectivity index (χ0n) is 37.5. The van der Waals surface area contributed by atoms with Gasteiger partial charge in [-0.3, -0.25) is 14.4 Å². The maximum atomic E-state index is 15.0. The Hall–Kier alpha value is -5.95. The zero-order valence-corrected chi connectivity index (χ0v) is 37.5. The molecule has 8 rings (SSSR count). The molecule has 0 unspecified atom stereocenters. The van der Waals surface area contributed by atoms with E-state index in [1.54, 1.807) is 78.9 Å². The van der Waals surface area contributed by atoms with E-state index in [4.69, 9.17) is 18.9 Å². The number of likely N-dealkylation sites (tertiary alicyclic amines) is 1. The molecule has 2 aliphatic carbocycles. The van der Waals surface area contributed by atoms with Gasteiger partial charge in [-0.05, 0) is 60.8 Å². The monoisotopic (exact) mass is 943 g/mol. The summed E-state index contributed by atoms with van der Waals surface area (Å²) in [4.78, 5) is 63.0. The molecule has 360 valence electrons. The van der Waals surface area contributed by atoms with Crippen molar-refractivity contribution < 1.29 is 60.3 Å². The Morgan fingerprint density at radius 2 is 1.15 bits per heavy atom. The van der Waals surface area contributed by atoms with Gasteiger partial charge in [0.25, 0.3) is 5.71 Å². The molecule has 68 heavy (non-hydrogen) atoms. The van der Waals surface area contributed by atoms with Crippen molar-refractivity contribution in [3.8, 4) is 0 Å². The summed E-state index contributed by atoms with van der Waals surface area (Å²) in [6.07, 6.45) is 0.260. The molecule has 2 aromatic heterocycles. The van der Waals surface area contributed by atoms with Gasteiger partial charge in [0, 0.05) is 17.5 Å². The molecular formula is C50H55F4N6O8+. The fourth-order valence-electron chi connectivity index (χ4n) is 8.54. The minimum Gasteiger partial charge on any atom is -0.377 e. The molecule has 4 heterocycles. The fourth-order valence-corrected chi connectivity index (χ4v) is 8.54. The van der Waals surface area contributed by atoms with Crippen molar-refractivity contribution in [2.24, 2.45) is 0 Å². The smallest absolute Gasteiger partial charge is 0.377 e. The Morgan fingerprint density at radius 1 is 0.647 bits per heavy atom. The van der Waals surface area contributed by atoms with Gasteiger partial charge in [-0.25, -0.2) is 23.5 Å². The largest absolute Gasteiger partial charge is 0.413 e. The van der Waals surface area contributed by atoms with Crippen molar-refractivity contribution in [3.05, 3.63) is 130 Å². The normalized spacial score (nSPS) is 20.1. The lowest BCUT2D eigenvalue weighted by molar-refractivity contribution is -0.447. The van der Waals surface area contributed by atoms with Crippen LogP contribution in [0.1, 0.15) is 96.1 Å². The third-order valence-electron chi connectivity index (χ3n) is 12.4. The number of amides is 4. The molecule has 2 saturated carbocycles. The highest BCUT2D eigenvalue weighted by atomic mass is 19.1. The molecule has 14 nitrogen and oxygen atoms in total. The van der Waals surface area contributed by atoms with E-state index < -0.39 is 79.2 Å². The Morgan fingerprint density at radius 3 is 1.66 bits per heavy atom. The lowest BCUT2D eigenvalue weighted by Gasteiger charge is -2.26. The summed E-state index contributed by atoms with van der Waals surface area (Å²) in [5, 5.41) is 5.72. The molecule has 5 atom stereocenters. The fraction of sp³-hybridized carbons (Fsp3) is 0.460. The highest BCUT2D eigenvalue weighted by Gasteiger charge is 2.42. The second-order valence-electron chi connectivity index (χ2n) is 17.4. The van der Waals surface area contributed by atoms with Crippen LogP contribution in [0.2, 0.25) is 0 Å². The molecule has 1 saturated heterocycles. The van der Waals surface area contributed by atoms with Crippen LogP contribution in [0.5, 0.6) is 0 Å². The average molecular weight is 944 g/mol. The van der Waals surface area contributed by atoms with Crippen LogP contribution in [-0.4, -0.2) is 133 Å². The first kappa shape index (κ1) is 48.5. The van der Waals surface area contributed by atoms with Crippen molar-refractivity contribution in [1.82, 2.24) is 25.5 Å². The Bertz CT molecular complexity index is 2440. The Kier molecular flexibility index (Phi) is 16.3. The van der Waals surface area contributed by atoms with Crippen LogP contribution in [0.4, 0.5) is 17.6 Å². The number of alkyl halides is 2. The summed E-state index contributed by atoms with van der Waals surface area (Å²) in [6.45, 7) is -0.770. The van der Waals surface area contributed by atoms with Gasteiger partial charge in [0.2, 0.25) is 23.7 Å². The number of halogens is 4. The first-order chi connectivity index (χ1) is 33.0. The van der Waals surface area contributed by atoms with E-state index in [9.17, 15) is 36.7 Å². The molecule has 2 aromatic carbocycles. The summed E-state index contributed by atoms with van der Waals surface area (Å²) in [6, 6.07) is 21.8. The number of aromatic nitrogens is 2. The van der Waals surface area contributed by atoms with Crippen molar-refractivity contribution >= 4 is 29.3 Å². The number of pyridine rings is 2. The van der Waals surface area contributed by atoms with Gasteiger partial charge >= 0.3 is 11.8 Å². The van der Waals surface area contributed by atoms with Crippen LogP contribution in [0.3, 0.4) is 0 Å². The molecule has 0 bridgehead atoms. The van der Waals surface area contributed by atoms with Crippen LogP contribution in [0.15, 0.2) is 84.9 Å². The number of hydrogen-bond acceptors (Lipinski definition) is 10. The number of carbonyl (C=O) groups is 4. The standard InChI is InChI=1S/C50H54F4N6O8/c51-35-25-41(49(63)57-45(33-7-3-1-4-8-33)39-17-15-37(31-11-12-31)47(53)55-39)59(27-35)43(61)29-67-23-21-65-19-20-66-22-24-68-30-44(62)60-28-36(52)26-42(60)50(64)58-46(34-9-5-2-6-10-34)40-18-16-38(32-13-14-32)48(54)56-40/h1-10,15-18,31-32,35-36,41,45-46H,11-14,19-30H2,(H-,57,58,63,64)/p+1/t35-,36-,41+,45+,46+/m1/s1. The second kappa shape index (κ2) is 22.9. The van der Waals surface area contributed by atoms with Crippen LogP contribution >= 0.6 is 0 Å². The number of rotatable bonds is 23. The molecule has 4 amide bonds. The molecular weight excluding hydrogens is 889 g/mol. The summed E-state index contributed by atoms with van der Waals surface area (Å²) in [5.74, 6) is -3.30. The van der Waals surface area contributed by atoms with Gasteiger partial charge in [0.1, 0.15) is 18.8 Å². The van der Waals surface area contributed by atoms with E-state index in [-0.39, 0.29) is 88.8 Å². The summed E-state index contributed by atoms with van der Waals surface area (Å²) in [5.41, 5.74) is 2.89. The first-order valence-electron chi connectivity index (χ1n) is 23.1. The molecule has 0 spiro atoms. The van der Waals surface area contributed by atoms with Crippen molar-refractivity contribution in [3.63, 3.8) is 0 Å². The van der Waals surface area contributed by atoms with Crippen LogP contribution in [0.25, 0.3) is 0 Å². The summed E-state index contributed by atoms with van der Waals surface area (Å²) in [7, 11) is 0. The van der Waals surface area contributed by atoms with Gasteiger partial charge in [-0.1, -0.05) is 72.8 Å². The van der Waals surface area contributed by atoms with Gasteiger partial charge in [-0.2, -0.15) is 13.4 Å². The third kappa shape index (κ3) is 12.6. The molecule has 18 heteroatoms. The maximum Gasteiger partial charge on any atom is 0.413 e. The lowest BCUT2D eigenvalue weighted by atomic mass is 10.0. The molecule has 4 aromatic rings. The van der Waals surface area contributed by atoms with E-state index in [1.807, 2.05) is 6.07 Å². The molecule has 2 N–H and O–H groups in total. The van der Waals surface area contributed by atoms with Gasteiger partial charge < -0.3 is 34.5 Å². The Balaban J connectivity index is 0.723. The van der Waals surface area contributed by atoms with Crippen LogP contribution in [-0.2, 0) is 38.1 Å². The second-order valence-corrected chi connectivity index (χ2v) is 17.4. The highest BCUT2D eigenvalue weighted by Crippen LogP contribution is 2.42. The van der Waals surface area contributed by atoms with Crippen molar-refractivity contribution in [1.29, 1.82) is 0 Å². The molecule has 4 aliphatic rings. The number of benzene rings is 2. The number of nitrogens with zero attached hydrogens (tertiary/aromatic N) is 4. The van der Waals surface area contributed by atoms with E-state index in [2.05, 4.69) is 20.6 Å². The minimum absolute atomic E-state index is 0.0284. The first-order valence-corrected chi connectivity index (χ1v) is 23.1. The summed E-state index contributed by atoms with van der Waals surface area (Å²) >= 11 is 0. The van der Waals surface area contributed by atoms with E-state index in [0.717, 1.165) is 35.2 Å². The van der Waals surface area contributed by atoms with Crippen LogP contribution < -0.4 is 10.6 Å². The maximum absolute atomic E-state index is 15.0. The van der Waals surface area contributed by atoms with E-state index in [1.165, 1.54) is 0 Å². The third-order valence-corrected chi connectivity index (χ3v) is 12.4. The van der Waals surface area contributed by atoms with Gasteiger partial charge in [0.15, 0.2) is 19.3 Å². The number of ether oxygens (including phenoxy) is 4. The highest BCUT2D eigenvalue weighted by molar-refractivity contribution is 6.38. The SMILES string of the molecule is O=C(N[C@@H](c1ccccc1)c1ccc(C2CC2)c(F)n1)C1=[N+](C(=O)COCCOCCOCCOCC(=O)N2C[C@H](F)C[C@H]2C(=O)N[C@@H](c2ccccc2)c2ccc(C3CC3)c(F)n2)C[C@H](F)C1. The van der Waals surface area contributed by atoms with E-state index >= 15 is 0 Å². The zero-order chi connectivity index (χ0) is 47.6. The minimum atomic E-state index is -1.45. The average Bonchev–Trinajstić information content (AvgIpc) is 4.29. The van der Waals surface area contributed by atoms with Gasteiger partial charge in [0.05, 0.1) is 76.1 Å². The Labute approximate surface area is 391 Å². The predicted octanol–water partition coefficient (Wildman–Crippen LogP) is 5.35.